The Hall–Kier alpha value is -4.33. The van der Waals surface area contributed by atoms with Gasteiger partial charge in [-0.25, -0.2) is 0 Å². The number of nitrogens with zero attached hydrogens (tertiary/aromatic N) is 1. The zero-order valence-corrected chi connectivity index (χ0v) is 19.4. The smallest absolute Gasteiger partial charge is 0.269 e. The minimum absolute atomic E-state index is 0.0126. The molecule has 2 atom stereocenters. The quantitative estimate of drug-likeness (QED) is 0.369. The highest BCUT2D eigenvalue weighted by Crippen LogP contribution is 2.45. The maximum absolute atomic E-state index is 13.7. The second-order valence-corrected chi connectivity index (χ2v) is 8.63. The van der Waals surface area contributed by atoms with E-state index in [0.29, 0.717) is 29.9 Å². The van der Waals surface area contributed by atoms with Crippen LogP contribution >= 0.6 is 0 Å². The number of ketones is 1. The third-order valence-electron chi connectivity index (χ3n) is 6.63. The number of carbonyl (C=O) groups is 1. The molecule has 0 bridgehead atoms. The monoisotopic (exact) mass is 471 g/mol. The van der Waals surface area contributed by atoms with Gasteiger partial charge in [-0.1, -0.05) is 18.2 Å². The van der Waals surface area contributed by atoms with Crippen LogP contribution in [0.2, 0.25) is 0 Å². The summed E-state index contributed by atoms with van der Waals surface area (Å²) in [6.07, 6.45) is 0.980. The highest BCUT2D eigenvalue weighted by Gasteiger charge is 2.36. The molecule has 35 heavy (non-hydrogen) atoms. The number of hydrogen-bond acceptors (Lipinski definition) is 7. The molecular weight excluding hydrogens is 446 g/mol. The topological polar surface area (TPSA) is 103 Å². The Morgan fingerprint density at radius 1 is 0.886 bits per heavy atom. The van der Waals surface area contributed by atoms with E-state index in [1.807, 2.05) is 42.5 Å². The van der Waals surface area contributed by atoms with Crippen LogP contribution in [0.4, 0.5) is 17.1 Å². The summed E-state index contributed by atoms with van der Waals surface area (Å²) in [6, 6.07) is 19.5. The Morgan fingerprint density at radius 3 is 2.26 bits per heavy atom. The number of nitrogens with one attached hydrogen (secondary N) is 2. The number of ether oxygens (including phenoxy) is 2. The van der Waals surface area contributed by atoms with Crippen molar-refractivity contribution in [2.75, 3.05) is 24.9 Å². The molecule has 8 heteroatoms. The Kier molecular flexibility index (Phi) is 5.86. The molecule has 0 saturated heterocycles. The van der Waals surface area contributed by atoms with Gasteiger partial charge in [-0.05, 0) is 59.9 Å². The predicted octanol–water partition coefficient (Wildman–Crippen LogP) is 5.59. The summed E-state index contributed by atoms with van der Waals surface area (Å²) in [4.78, 5) is 24.4. The van der Waals surface area contributed by atoms with Crippen molar-refractivity contribution in [3.05, 3.63) is 99.2 Å². The van der Waals surface area contributed by atoms with Crippen molar-refractivity contribution in [1.29, 1.82) is 0 Å². The third kappa shape index (κ3) is 4.19. The lowest BCUT2D eigenvalue weighted by Crippen LogP contribution is -2.26. The number of anilines is 2. The van der Waals surface area contributed by atoms with Gasteiger partial charge in [0.1, 0.15) is 0 Å². The van der Waals surface area contributed by atoms with Crippen LogP contribution in [-0.4, -0.2) is 24.9 Å². The van der Waals surface area contributed by atoms with Crippen LogP contribution in [0.25, 0.3) is 0 Å². The van der Waals surface area contributed by atoms with Crippen molar-refractivity contribution in [2.24, 2.45) is 0 Å². The number of allylic oxidation sites excluding steroid dienone is 1. The zero-order valence-electron chi connectivity index (χ0n) is 19.4. The van der Waals surface area contributed by atoms with Crippen LogP contribution in [0.1, 0.15) is 35.9 Å². The van der Waals surface area contributed by atoms with E-state index in [0.717, 1.165) is 28.2 Å². The lowest BCUT2D eigenvalue weighted by molar-refractivity contribution is -0.384. The van der Waals surface area contributed by atoms with E-state index in [1.165, 1.54) is 12.1 Å². The molecule has 178 valence electrons. The molecule has 3 aromatic carbocycles. The number of Topliss-reactive ketones (excluding diaryl/α,β-unsaturated/α-hetero) is 1. The molecule has 1 aliphatic carbocycles. The maximum Gasteiger partial charge on any atom is 0.269 e. The van der Waals surface area contributed by atoms with E-state index in [2.05, 4.69) is 10.6 Å². The molecule has 8 nitrogen and oxygen atoms in total. The van der Waals surface area contributed by atoms with Crippen molar-refractivity contribution in [3.8, 4) is 11.5 Å². The van der Waals surface area contributed by atoms with Gasteiger partial charge in [0.15, 0.2) is 17.3 Å². The summed E-state index contributed by atoms with van der Waals surface area (Å²) < 4.78 is 10.8. The largest absolute Gasteiger partial charge is 0.493 e. The summed E-state index contributed by atoms with van der Waals surface area (Å²) in [5, 5.41) is 18.1. The number of para-hydroxylation sites is 2. The molecule has 3 aromatic rings. The van der Waals surface area contributed by atoms with Gasteiger partial charge in [0.2, 0.25) is 0 Å². The number of non-ortho nitro benzene ring substituents is 1. The number of nitro groups is 1. The van der Waals surface area contributed by atoms with Gasteiger partial charge in [-0.3, -0.25) is 14.9 Å². The van der Waals surface area contributed by atoms with Crippen LogP contribution in [-0.2, 0) is 4.79 Å². The molecule has 0 fully saturated rings. The van der Waals surface area contributed by atoms with Gasteiger partial charge in [0, 0.05) is 29.8 Å². The summed E-state index contributed by atoms with van der Waals surface area (Å²) in [6.45, 7) is 0. The van der Waals surface area contributed by atoms with Crippen molar-refractivity contribution in [3.63, 3.8) is 0 Å². The van der Waals surface area contributed by atoms with E-state index in [1.54, 1.807) is 26.4 Å². The van der Waals surface area contributed by atoms with Crippen LogP contribution in [0.15, 0.2) is 78.0 Å². The molecule has 0 saturated carbocycles. The first kappa shape index (κ1) is 22.5. The lowest BCUT2D eigenvalue weighted by atomic mass is 9.78. The normalized spacial score (nSPS) is 19.0. The van der Waals surface area contributed by atoms with Crippen LogP contribution in [0, 0.1) is 10.1 Å². The molecule has 0 amide bonds. The van der Waals surface area contributed by atoms with Crippen LogP contribution < -0.4 is 20.1 Å². The molecule has 5 rings (SSSR count). The van der Waals surface area contributed by atoms with Gasteiger partial charge >= 0.3 is 0 Å². The van der Waals surface area contributed by atoms with E-state index < -0.39 is 11.0 Å². The molecule has 0 radical (unpaired) electrons. The molecule has 1 heterocycles. The first-order valence-corrected chi connectivity index (χ1v) is 11.3. The van der Waals surface area contributed by atoms with Gasteiger partial charge in [0.25, 0.3) is 5.69 Å². The number of carbonyl (C=O) groups excluding carboxylic acids is 1. The minimum Gasteiger partial charge on any atom is -0.493 e. The number of methoxy groups -OCH3 is 2. The Balaban J connectivity index is 1.57. The molecule has 0 aromatic heterocycles. The summed E-state index contributed by atoms with van der Waals surface area (Å²) >= 11 is 0. The van der Waals surface area contributed by atoms with Gasteiger partial charge in [-0.2, -0.15) is 0 Å². The van der Waals surface area contributed by atoms with Crippen LogP contribution in [0.3, 0.4) is 0 Å². The average molecular weight is 472 g/mol. The fourth-order valence-corrected chi connectivity index (χ4v) is 4.87. The number of benzene rings is 3. The molecule has 1 aliphatic heterocycles. The number of rotatable bonds is 5. The summed E-state index contributed by atoms with van der Waals surface area (Å²) in [5.74, 6) is 1.27. The Labute approximate surface area is 202 Å². The zero-order chi connectivity index (χ0) is 24.5. The van der Waals surface area contributed by atoms with Crippen molar-refractivity contribution in [2.45, 2.75) is 24.8 Å². The fourth-order valence-electron chi connectivity index (χ4n) is 4.87. The highest BCUT2D eigenvalue weighted by molar-refractivity contribution is 6.01. The van der Waals surface area contributed by atoms with E-state index in [-0.39, 0.29) is 17.4 Å². The SMILES string of the molecule is COc1ccc([C@@H]2CC(=O)C3=C(C2)Nc2ccccc2N[C@H]3c2ccc([N+](=O)[O-])cc2)cc1OC. The van der Waals surface area contributed by atoms with Crippen LogP contribution in [0.5, 0.6) is 11.5 Å². The molecular formula is C27H25N3O5. The maximum atomic E-state index is 13.7. The second kappa shape index (κ2) is 9.13. The van der Waals surface area contributed by atoms with Crippen molar-refractivity contribution < 1.29 is 19.2 Å². The van der Waals surface area contributed by atoms with Gasteiger partial charge in [-0.15, -0.1) is 0 Å². The molecule has 2 aliphatic rings. The predicted molar refractivity (Wildman–Crippen MR) is 133 cm³/mol. The standard InChI is InChI=1S/C27H25N3O5/c1-34-24-12-9-17(15-25(24)35-2)18-13-22-26(23(31)14-18)27(16-7-10-19(11-8-16)30(32)33)29-21-6-4-3-5-20(21)28-22/h3-12,15,18,27-29H,13-14H2,1-2H3/t18-,27-/m0/s1. The lowest BCUT2D eigenvalue weighted by Gasteiger charge is -2.30. The first-order valence-electron chi connectivity index (χ1n) is 11.3. The van der Waals surface area contributed by atoms with Gasteiger partial charge in [0.05, 0.1) is 36.6 Å². The number of fused-ring (bicyclic) bond motifs is 1. The highest BCUT2D eigenvalue weighted by atomic mass is 16.6. The third-order valence-corrected chi connectivity index (χ3v) is 6.63. The summed E-state index contributed by atoms with van der Waals surface area (Å²) in [7, 11) is 3.19. The Bertz CT molecular complexity index is 1330. The van der Waals surface area contributed by atoms with E-state index in [4.69, 9.17) is 9.47 Å². The minimum atomic E-state index is -0.430. The van der Waals surface area contributed by atoms with Crippen molar-refractivity contribution >= 4 is 22.8 Å². The molecule has 2 N–H and O–H groups in total. The Morgan fingerprint density at radius 2 is 1.57 bits per heavy atom. The second-order valence-electron chi connectivity index (χ2n) is 8.63. The average Bonchev–Trinajstić information content (AvgIpc) is 3.05. The first-order chi connectivity index (χ1) is 17.0. The molecule has 0 spiro atoms. The molecule has 0 unspecified atom stereocenters. The number of hydrogen-bond donors (Lipinski definition) is 2. The van der Waals surface area contributed by atoms with E-state index >= 15 is 0 Å². The van der Waals surface area contributed by atoms with E-state index in [9.17, 15) is 14.9 Å². The van der Waals surface area contributed by atoms with Gasteiger partial charge < -0.3 is 20.1 Å². The number of nitro benzene ring substituents is 1. The fraction of sp³-hybridized carbons (Fsp3) is 0.222. The van der Waals surface area contributed by atoms with Crippen molar-refractivity contribution in [1.82, 2.24) is 0 Å². The summed E-state index contributed by atoms with van der Waals surface area (Å²) in [5.41, 5.74) is 5.05.